The maximum absolute atomic E-state index is 11.7. The van der Waals surface area contributed by atoms with Crippen LogP contribution < -0.4 is 11.1 Å². The van der Waals surface area contributed by atoms with E-state index < -0.39 is 5.97 Å². The summed E-state index contributed by atoms with van der Waals surface area (Å²) < 4.78 is 10.2. The number of aryl methyl sites for hydroxylation is 1. The summed E-state index contributed by atoms with van der Waals surface area (Å²) in [5.41, 5.74) is 7.26. The maximum atomic E-state index is 11.7. The fraction of sp³-hybridized carbons (Fsp3) is 0.214. The van der Waals surface area contributed by atoms with Gasteiger partial charge in [-0.15, -0.1) is 0 Å². The van der Waals surface area contributed by atoms with Gasteiger partial charge in [-0.2, -0.15) is 0 Å². The Kier molecular flexibility index (Phi) is 3.75. The van der Waals surface area contributed by atoms with Gasteiger partial charge in [0, 0.05) is 11.4 Å². The Morgan fingerprint density at radius 1 is 1.37 bits per heavy atom. The summed E-state index contributed by atoms with van der Waals surface area (Å²) in [4.78, 5) is 11.7. The molecule has 0 aliphatic carbocycles. The summed E-state index contributed by atoms with van der Waals surface area (Å²) >= 11 is 0. The summed E-state index contributed by atoms with van der Waals surface area (Å²) in [6.45, 7) is 2.37. The lowest BCUT2D eigenvalue weighted by Crippen LogP contribution is -2.08. The van der Waals surface area contributed by atoms with E-state index >= 15 is 0 Å². The largest absolute Gasteiger partial charge is 0.465 e. The Morgan fingerprint density at radius 3 is 2.79 bits per heavy atom. The molecule has 0 unspecified atom stereocenters. The van der Waals surface area contributed by atoms with Gasteiger partial charge in [-0.3, -0.25) is 0 Å². The smallest absolute Gasteiger partial charge is 0.340 e. The van der Waals surface area contributed by atoms with Crippen molar-refractivity contribution in [2.24, 2.45) is 0 Å². The van der Waals surface area contributed by atoms with Gasteiger partial charge in [0.25, 0.3) is 0 Å². The Labute approximate surface area is 111 Å². The molecule has 0 spiro atoms. The average Bonchev–Trinajstić information content (AvgIpc) is 2.82. The van der Waals surface area contributed by atoms with E-state index in [0.29, 0.717) is 23.5 Å². The van der Waals surface area contributed by atoms with E-state index in [4.69, 9.17) is 14.9 Å². The molecule has 0 aliphatic rings. The molecular weight excluding hydrogens is 244 g/mol. The first-order chi connectivity index (χ1) is 9.10. The van der Waals surface area contributed by atoms with Crippen LogP contribution in [0.25, 0.3) is 0 Å². The Morgan fingerprint density at radius 2 is 2.16 bits per heavy atom. The van der Waals surface area contributed by atoms with E-state index in [1.165, 1.54) is 7.11 Å². The summed E-state index contributed by atoms with van der Waals surface area (Å²) in [6.07, 6.45) is 0. The lowest BCUT2D eigenvalue weighted by atomic mass is 10.1. The number of nitrogens with two attached hydrogens (primary N) is 1. The molecule has 5 nitrogen and oxygen atoms in total. The van der Waals surface area contributed by atoms with Gasteiger partial charge in [0.2, 0.25) is 0 Å². The van der Waals surface area contributed by atoms with Crippen molar-refractivity contribution in [3.63, 3.8) is 0 Å². The molecule has 19 heavy (non-hydrogen) atoms. The molecule has 0 amide bonds. The van der Waals surface area contributed by atoms with Gasteiger partial charge in [0.1, 0.15) is 11.5 Å². The first kappa shape index (κ1) is 13.0. The summed E-state index contributed by atoms with van der Waals surface area (Å²) in [5, 5.41) is 3.14. The number of carbonyl (C=O) groups excluding carboxylic acids is 1. The highest BCUT2D eigenvalue weighted by molar-refractivity contribution is 5.96. The fourth-order valence-corrected chi connectivity index (χ4v) is 1.76. The number of hydrogen-bond acceptors (Lipinski definition) is 5. The van der Waals surface area contributed by atoms with Crippen LogP contribution in [-0.4, -0.2) is 13.1 Å². The molecule has 0 aliphatic heterocycles. The highest BCUT2D eigenvalue weighted by Gasteiger charge is 2.12. The van der Waals surface area contributed by atoms with E-state index in [-0.39, 0.29) is 0 Å². The molecular formula is C14H16N2O3. The molecule has 0 saturated heterocycles. The maximum Gasteiger partial charge on any atom is 0.340 e. The molecule has 0 saturated carbocycles. The van der Waals surface area contributed by atoms with Crippen LogP contribution in [0.15, 0.2) is 34.7 Å². The number of nitrogens with one attached hydrogen (secondary N) is 1. The van der Waals surface area contributed by atoms with Crippen LogP contribution in [0.3, 0.4) is 0 Å². The fourth-order valence-electron chi connectivity index (χ4n) is 1.76. The monoisotopic (exact) mass is 260 g/mol. The number of rotatable bonds is 4. The predicted molar refractivity (Wildman–Crippen MR) is 73.0 cm³/mol. The lowest BCUT2D eigenvalue weighted by molar-refractivity contribution is 0.0602. The van der Waals surface area contributed by atoms with Crippen LogP contribution in [0.1, 0.15) is 21.9 Å². The van der Waals surface area contributed by atoms with Crippen molar-refractivity contribution in [1.82, 2.24) is 0 Å². The van der Waals surface area contributed by atoms with Crippen molar-refractivity contribution < 1.29 is 13.9 Å². The number of furan rings is 1. The molecule has 0 radical (unpaired) electrons. The lowest BCUT2D eigenvalue weighted by Gasteiger charge is -2.10. The molecule has 1 aromatic heterocycles. The van der Waals surface area contributed by atoms with E-state index in [1.807, 2.05) is 19.1 Å². The molecule has 0 fully saturated rings. The number of nitrogen functional groups attached to an aromatic ring is 1. The van der Waals surface area contributed by atoms with Gasteiger partial charge in [0.05, 0.1) is 19.2 Å². The molecule has 1 aromatic carbocycles. The van der Waals surface area contributed by atoms with Crippen LogP contribution in [0.2, 0.25) is 0 Å². The Hall–Kier alpha value is -2.43. The Bertz CT molecular complexity index is 590. The zero-order valence-corrected chi connectivity index (χ0v) is 10.9. The van der Waals surface area contributed by atoms with E-state index in [0.717, 1.165) is 11.5 Å². The van der Waals surface area contributed by atoms with Crippen LogP contribution in [0.4, 0.5) is 11.4 Å². The standard InChI is InChI=1S/C14H16N2O3/c1-9-3-5-11(19-9)8-16-13-6-4-10(15)7-12(13)14(17)18-2/h3-7,16H,8,15H2,1-2H3. The number of hydrogen-bond donors (Lipinski definition) is 2. The van der Waals surface area contributed by atoms with Crippen molar-refractivity contribution in [2.45, 2.75) is 13.5 Å². The molecule has 2 rings (SSSR count). The second-order valence-corrected chi connectivity index (χ2v) is 4.16. The predicted octanol–water partition coefficient (Wildman–Crippen LogP) is 2.57. The van der Waals surface area contributed by atoms with Gasteiger partial charge < -0.3 is 20.2 Å². The zero-order chi connectivity index (χ0) is 13.8. The molecule has 0 bridgehead atoms. The zero-order valence-electron chi connectivity index (χ0n) is 10.9. The molecule has 5 heteroatoms. The topological polar surface area (TPSA) is 77.5 Å². The number of anilines is 2. The molecule has 100 valence electrons. The average molecular weight is 260 g/mol. The van der Waals surface area contributed by atoms with Gasteiger partial charge in [0.15, 0.2) is 0 Å². The van der Waals surface area contributed by atoms with Crippen molar-refractivity contribution in [1.29, 1.82) is 0 Å². The first-order valence-corrected chi connectivity index (χ1v) is 5.87. The Balaban J connectivity index is 2.17. The molecule has 3 N–H and O–H groups in total. The van der Waals surface area contributed by atoms with Gasteiger partial charge in [-0.25, -0.2) is 4.79 Å². The molecule has 1 heterocycles. The number of benzene rings is 1. The third kappa shape index (κ3) is 3.07. The highest BCUT2D eigenvalue weighted by Crippen LogP contribution is 2.21. The van der Waals surface area contributed by atoms with Gasteiger partial charge in [-0.05, 0) is 37.3 Å². The normalized spacial score (nSPS) is 10.2. The van der Waals surface area contributed by atoms with Crippen molar-refractivity contribution in [3.05, 3.63) is 47.4 Å². The second kappa shape index (κ2) is 5.48. The van der Waals surface area contributed by atoms with E-state index in [9.17, 15) is 4.79 Å². The van der Waals surface area contributed by atoms with Crippen molar-refractivity contribution in [2.75, 3.05) is 18.2 Å². The minimum absolute atomic E-state index is 0.408. The minimum Gasteiger partial charge on any atom is -0.465 e. The van der Waals surface area contributed by atoms with Crippen LogP contribution in [-0.2, 0) is 11.3 Å². The number of ether oxygens (including phenoxy) is 1. The first-order valence-electron chi connectivity index (χ1n) is 5.87. The summed E-state index contributed by atoms with van der Waals surface area (Å²) in [7, 11) is 1.34. The van der Waals surface area contributed by atoms with Gasteiger partial charge in [-0.1, -0.05) is 0 Å². The van der Waals surface area contributed by atoms with E-state index in [2.05, 4.69) is 5.32 Å². The molecule has 2 aromatic rings. The van der Waals surface area contributed by atoms with E-state index in [1.54, 1.807) is 18.2 Å². The number of methoxy groups -OCH3 is 1. The van der Waals surface area contributed by atoms with Crippen molar-refractivity contribution >= 4 is 17.3 Å². The highest BCUT2D eigenvalue weighted by atomic mass is 16.5. The SMILES string of the molecule is COC(=O)c1cc(N)ccc1NCc1ccc(C)o1. The second-order valence-electron chi connectivity index (χ2n) is 4.16. The molecule has 0 atom stereocenters. The quantitative estimate of drug-likeness (QED) is 0.652. The van der Waals surface area contributed by atoms with Crippen LogP contribution in [0, 0.1) is 6.92 Å². The number of esters is 1. The number of carbonyl (C=O) groups is 1. The van der Waals surface area contributed by atoms with Crippen molar-refractivity contribution in [3.8, 4) is 0 Å². The summed E-state index contributed by atoms with van der Waals surface area (Å²) in [5.74, 6) is 1.22. The van der Waals surface area contributed by atoms with Crippen LogP contribution in [0.5, 0.6) is 0 Å². The van der Waals surface area contributed by atoms with Crippen LogP contribution >= 0.6 is 0 Å². The third-order valence-corrected chi connectivity index (χ3v) is 2.70. The van der Waals surface area contributed by atoms with Gasteiger partial charge >= 0.3 is 5.97 Å². The minimum atomic E-state index is -0.426. The summed E-state index contributed by atoms with van der Waals surface area (Å²) in [6, 6.07) is 8.83. The third-order valence-electron chi connectivity index (χ3n) is 2.70.